The first kappa shape index (κ1) is 8.78. The second kappa shape index (κ2) is 3.52. The van der Waals surface area contributed by atoms with Gasteiger partial charge in [-0.3, -0.25) is 0 Å². The molecular weight excluding hydrogens is 172 g/mol. The van der Waals surface area contributed by atoms with Crippen molar-refractivity contribution in [3.63, 3.8) is 0 Å². The van der Waals surface area contributed by atoms with Gasteiger partial charge < -0.3 is 0 Å². The molecule has 0 saturated carbocycles. The molecular formula is C12H10N2. The van der Waals surface area contributed by atoms with E-state index in [-0.39, 0.29) is 11.8 Å². The van der Waals surface area contributed by atoms with Gasteiger partial charge in [-0.05, 0) is 24.0 Å². The Hall–Kier alpha value is -1.80. The lowest BCUT2D eigenvalue weighted by atomic mass is 9.78. The van der Waals surface area contributed by atoms with Gasteiger partial charge in [0.25, 0.3) is 0 Å². The molecule has 2 atom stereocenters. The van der Waals surface area contributed by atoms with Gasteiger partial charge in [-0.2, -0.15) is 10.5 Å². The predicted molar refractivity (Wildman–Crippen MR) is 52.4 cm³/mol. The topological polar surface area (TPSA) is 47.6 Å². The van der Waals surface area contributed by atoms with Crippen molar-refractivity contribution in [2.45, 2.75) is 24.7 Å². The van der Waals surface area contributed by atoms with Crippen LogP contribution < -0.4 is 0 Å². The van der Waals surface area contributed by atoms with Gasteiger partial charge in [0.15, 0.2) is 0 Å². The summed E-state index contributed by atoms with van der Waals surface area (Å²) in [6, 6.07) is 12.4. The van der Waals surface area contributed by atoms with E-state index in [2.05, 4.69) is 12.1 Å². The zero-order chi connectivity index (χ0) is 9.97. The largest absolute Gasteiger partial charge is 0.198 e. The van der Waals surface area contributed by atoms with Crippen molar-refractivity contribution < 1.29 is 0 Å². The van der Waals surface area contributed by atoms with E-state index in [4.69, 9.17) is 10.5 Å². The van der Waals surface area contributed by atoms with Crippen LogP contribution in [0.5, 0.6) is 0 Å². The summed E-state index contributed by atoms with van der Waals surface area (Å²) in [5, 5.41) is 17.9. The maximum atomic E-state index is 8.96. The van der Waals surface area contributed by atoms with Gasteiger partial charge in [0, 0.05) is 0 Å². The van der Waals surface area contributed by atoms with Crippen molar-refractivity contribution in [1.29, 1.82) is 10.5 Å². The van der Waals surface area contributed by atoms with Gasteiger partial charge in [0.2, 0.25) is 0 Å². The van der Waals surface area contributed by atoms with Gasteiger partial charge >= 0.3 is 0 Å². The van der Waals surface area contributed by atoms with Crippen LogP contribution in [-0.2, 0) is 0 Å². The summed E-state index contributed by atoms with van der Waals surface area (Å²) >= 11 is 0. The van der Waals surface area contributed by atoms with Gasteiger partial charge in [0.05, 0.1) is 24.0 Å². The third-order valence-corrected chi connectivity index (χ3v) is 2.80. The summed E-state index contributed by atoms with van der Waals surface area (Å²) in [7, 11) is 0. The highest BCUT2D eigenvalue weighted by atomic mass is 14.4. The first-order chi connectivity index (χ1) is 6.86. The van der Waals surface area contributed by atoms with Crippen molar-refractivity contribution in [2.24, 2.45) is 0 Å². The second-order valence-electron chi connectivity index (χ2n) is 3.57. The van der Waals surface area contributed by atoms with E-state index >= 15 is 0 Å². The SMILES string of the molecule is N#C[C@@H]1CC[C@@H](C#N)c2ccccc21. The Morgan fingerprint density at radius 1 is 0.929 bits per heavy atom. The zero-order valence-corrected chi connectivity index (χ0v) is 7.77. The van der Waals surface area contributed by atoms with Crippen molar-refractivity contribution in [3.05, 3.63) is 35.4 Å². The Bertz CT molecular complexity index is 382. The van der Waals surface area contributed by atoms with Gasteiger partial charge in [-0.25, -0.2) is 0 Å². The lowest BCUT2D eigenvalue weighted by molar-refractivity contribution is 0.597. The fourth-order valence-electron chi connectivity index (χ4n) is 2.06. The third-order valence-electron chi connectivity index (χ3n) is 2.80. The average Bonchev–Trinajstić information content (AvgIpc) is 2.27. The number of benzene rings is 1. The summed E-state index contributed by atoms with van der Waals surface area (Å²) < 4.78 is 0. The molecule has 14 heavy (non-hydrogen) atoms. The van der Waals surface area contributed by atoms with E-state index in [0.29, 0.717) is 0 Å². The van der Waals surface area contributed by atoms with Crippen LogP contribution in [0.1, 0.15) is 35.8 Å². The summed E-state index contributed by atoms with van der Waals surface area (Å²) in [4.78, 5) is 0. The molecule has 0 amide bonds. The number of fused-ring (bicyclic) bond motifs is 1. The van der Waals surface area contributed by atoms with Crippen LogP contribution in [0.2, 0.25) is 0 Å². The minimum absolute atomic E-state index is 0.0178. The van der Waals surface area contributed by atoms with E-state index in [1.54, 1.807) is 0 Å². The predicted octanol–water partition coefficient (Wildman–Crippen LogP) is 2.69. The highest BCUT2D eigenvalue weighted by Crippen LogP contribution is 2.37. The van der Waals surface area contributed by atoms with Crippen molar-refractivity contribution in [2.75, 3.05) is 0 Å². The summed E-state index contributed by atoms with van der Waals surface area (Å²) in [6.45, 7) is 0. The van der Waals surface area contributed by atoms with E-state index in [1.807, 2.05) is 24.3 Å². The van der Waals surface area contributed by atoms with Crippen LogP contribution in [0.4, 0.5) is 0 Å². The fraction of sp³-hybridized carbons (Fsp3) is 0.333. The molecule has 1 aromatic carbocycles. The molecule has 0 aliphatic heterocycles. The molecule has 0 radical (unpaired) electrons. The molecule has 68 valence electrons. The summed E-state index contributed by atoms with van der Waals surface area (Å²) in [5.41, 5.74) is 2.10. The molecule has 2 heteroatoms. The van der Waals surface area contributed by atoms with Crippen LogP contribution in [0.25, 0.3) is 0 Å². The monoisotopic (exact) mass is 182 g/mol. The second-order valence-corrected chi connectivity index (χ2v) is 3.57. The molecule has 1 aliphatic carbocycles. The quantitative estimate of drug-likeness (QED) is 0.619. The van der Waals surface area contributed by atoms with Gasteiger partial charge in [0.1, 0.15) is 0 Å². The van der Waals surface area contributed by atoms with Crippen molar-refractivity contribution in [1.82, 2.24) is 0 Å². The molecule has 0 spiro atoms. The maximum Gasteiger partial charge on any atom is 0.0716 e. The van der Waals surface area contributed by atoms with E-state index in [0.717, 1.165) is 24.0 Å². The molecule has 1 aromatic rings. The Balaban J connectivity index is 2.51. The Morgan fingerprint density at radius 2 is 1.36 bits per heavy atom. The normalized spacial score (nSPS) is 24.4. The van der Waals surface area contributed by atoms with E-state index in [9.17, 15) is 0 Å². The molecule has 0 bridgehead atoms. The fourth-order valence-corrected chi connectivity index (χ4v) is 2.06. The number of hydrogen-bond donors (Lipinski definition) is 0. The number of nitrogens with zero attached hydrogens (tertiary/aromatic N) is 2. The minimum atomic E-state index is -0.0178. The minimum Gasteiger partial charge on any atom is -0.198 e. The Labute approximate surface area is 83.4 Å². The van der Waals surface area contributed by atoms with Gasteiger partial charge in [-0.15, -0.1) is 0 Å². The van der Waals surface area contributed by atoms with E-state index < -0.39 is 0 Å². The number of hydrogen-bond acceptors (Lipinski definition) is 2. The smallest absolute Gasteiger partial charge is 0.0716 e. The molecule has 0 N–H and O–H groups in total. The Morgan fingerprint density at radius 3 is 1.71 bits per heavy atom. The molecule has 0 heterocycles. The highest BCUT2D eigenvalue weighted by Gasteiger charge is 2.26. The average molecular weight is 182 g/mol. The number of rotatable bonds is 0. The summed E-state index contributed by atoms with van der Waals surface area (Å²) in [6.07, 6.45) is 1.62. The van der Waals surface area contributed by atoms with Crippen molar-refractivity contribution >= 4 is 0 Å². The Kier molecular flexibility index (Phi) is 2.21. The number of nitriles is 2. The molecule has 0 fully saturated rings. The van der Waals surface area contributed by atoms with Crippen LogP contribution in [0.15, 0.2) is 24.3 Å². The van der Waals surface area contributed by atoms with Crippen LogP contribution >= 0.6 is 0 Å². The van der Waals surface area contributed by atoms with E-state index in [1.165, 1.54) is 0 Å². The lowest BCUT2D eigenvalue weighted by Gasteiger charge is -2.23. The summed E-state index contributed by atoms with van der Waals surface area (Å²) in [5.74, 6) is -0.0356. The van der Waals surface area contributed by atoms with Crippen LogP contribution in [-0.4, -0.2) is 0 Å². The van der Waals surface area contributed by atoms with Crippen LogP contribution in [0.3, 0.4) is 0 Å². The molecule has 0 aromatic heterocycles. The lowest BCUT2D eigenvalue weighted by Crippen LogP contribution is -2.12. The van der Waals surface area contributed by atoms with Gasteiger partial charge in [-0.1, -0.05) is 24.3 Å². The molecule has 2 nitrogen and oxygen atoms in total. The molecule has 2 rings (SSSR count). The molecule has 0 unspecified atom stereocenters. The molecule has 0 saturated heterocycles. The molecule has 1 aliphatic rings. The van der Waals surface area contributed by atoms with Crippen LogP contribution in [0, 0.1) is 22.7 Å². The first-order valence-corrected chi connectivity index (χ1v) is 4.75. The zero-order valence-electron chi connectivity index (χ0n) is 7.77. The first-order valence-electron chi connectivity index (χ1n) is 4.75. The van der Waals surface area contributed by atoms with Crippen molar-refractivity contribution in [3.8, 4) is 12.1 Å². The third kappa shape index (κ3) is 1.26. The highest BCUT2D eigenvalue weighted by molar-refractivity contribution is 5.41. The maximum absolute atomic E-state index is 8.96. The standard InChI is InChI=1S/C12H10N2/c13-7-9-5-6-10(8-14)12-4-2-1-3-11(9)12/h1-4,9-10H,5-6H2/t9-,10-/m0/s1.